The number of hydrogen-bond donors (Lipinski definition) is 1. The fourth-order valence-corrected chi connectivity index (χ4v) is 4.74. The van der Waals surface area contributed by atoms with Gasteiger partial charge in [-0.2, -0.15) is 13.2 Å². The van der Waals surface area contributed by atoms with Crippen molar-refractivity contribution < 1.29 is 45.6 Å². The maximum atomic E-state index is 13.8. The molecule has 10 nitrogen and oxygen atoms in total. The summed E-state index contributed by atoms with van der Waals surface area (Å²) in [6.45, 7) is 6.22. The van der Waals surface area contributed by atoms with Crippen LogP contribution in [-0.2, 0) is 27.1 Å². The molecule has 3 aromatic rings. The van der Waals surface area contributed by atoms with Gasteiger partial charge in [-0.3, -0.25) is 4.79 Å². The van der Waals surface area contributed by atoms with E-state index in [-0.39, 0.29) is 28.5 Å². The first-order valence-electron chi connectivity index (χ1n) is 12.3. The van der Waals surface area contributed by atoms with Crippen LogP contribution in [0.25, 0.3) is 0 Å². The fraction of sp³-hybridized carbons (Fsp3) is 0.333. The first-order chi connectivity index (χ1) is 19.4. The number of methoxy groups -OCH3 is 1. The van der Waals surface area contributed by atoms with E-state index in [1.54, 1.807) is 20.8 Å². The van der Waals surface area contributed by atoms with E-state index in [1.807, 2.05) is 0 Å². The van der Waals surface area contributed by atoms with E-state index in [2.05, 4.69) is 19.9 Å². The van der Waals surface area contributed by atoms with E-state index >= 15 is 0 Å². The molecule has 1 N–H and O–H groups in total. The molecule has 2 amide bonds. The van der Waals surface area contributed by atoms with Crippen LogP contribution in [0.2, 0.25) is 0 Å². The number of alkyl halides is 3. The molecule has 0 aliphatic rings. The van der Waals surface area contributed by atoms with Crippen LogP contribution in [0, 0.1) is 5.82 Å². The van der Waals surface area contributed by atoms with Crippen LogP contribution in [-0.4, -0.2) is 45.4 Å². The number of nitrogens with one attached hydrogen (secondary N) is 1. The van der Waals surface area contributed by atoms with Gasteiger partial charge in [0, 0.05) is 28.5 Å². The summed E-state index contributed by atoms with van der Waals surface area (Å²) in [7, 11) is -2.12. The van der Waals surface area contributed by atoms with E-state index in [4.69, 9.17) is 14.2 Å². The van der Waals surface area contributed by atoms with Gasteiger partial charge in [-0.1, -0.05) is 13.0 Å². The lowest BCUT2D eigenvalue weighted by Crippen LogP contribution is -2.22. The van der Waals surface area contributed by atoms with Gasteiger partial charge in [-0.15, -0.1) is 14.6 Å². The first kappa shape index (κ1) is 32.2. The quantitative estimate of drug-likeness (QED) is 0.294. The molecule has 0 aliphatic carbocycles. The molecule has 1 atom stereocenters. The number of amides is 2. The Morgan fingerprint density at radius 3 is 2.33 bits per heavy atom. The minimum Gasteiger partial charge on any atom is -0.493 e. The molecule has 0 saturated heterocycles. The Morgan fingerprint density at radius 2 is 1.74 bits per heavy atom. The van der Waals surface area contributed by atoms with Crippen molar-refractivity contribution >= 4 is 27.4 Å². The zero-order valence-electron chi connectivity index (χ0n) is 23.5. The summed E-state index contributed by atoms with van der Waals surface area (Å²) in [5.74, 6) is -2.58. The Kier molecular flexibility index (Phi) is 9.45. The zero-order valence-corrected chi connectivity index (χ0v) is 24.3. The van der Waals surface area contributed by atoms with Crippen LogP contribution >= 0.6 is 0 Å². The second-order valence-electron chi connectivity index (χ2n) is 9.81. The number of carbonyl (C=O) groups is 2. The predicted octanol–water partition coefficient (Wildman–Crippen LogP) is 6.64. The number of rotatable bonds is 7. The zero-order chi connectivity index (χ0) is 31.5. The van der Waals surface area contributed by atoms with Crippen molar-refractivity contribution in [3.63, 3.8) is 0 Å². The second-order valence-corrected chi connectivity index (χ2v) is 12.1. The number of aromatic nitrogens is 2. The average molecular weight is 613 g/mol. The number of benzene rings is 2. The van der Waals surface area contributed by atoms with E-state index in [1.165, 1.54) is 44.6 Å². The minimum absolute atomic E-state index is 0.0178. The molecule has 0 bridgehead atoms. The summed E-state index contributed by atoms with van der Waals surface area (Å²) >= 11 is 0. The number of ether oxygens (including phenoxy) is 3. The Labute approximate surface area is 239 Å². The van der Waals surface area contributed by atoms with Gasteiger partial charge in [0.05, 0.1) is 16.8 Å². The van der Waals surface area contributed by atoms with Crippen molar-refractivity contribution in [1.29, 1.82) is 0 Å². The summed E-state index contributed by atoms with van der Waals surface area (Å²) < 4.78 is 87.7. The van der Waals surface area contributed by atoms with Crippen molar-refractivity contribution in [3.8, 4) is 17.4 Å². The molecule has 0 unspecified atom stereocenters. The second kappa shape index (κ2) is 12.3. The third-order valence-corrected chi connectivity index (χ3v) is 7.02. The largest absolute Gasteiger partial charge is 0.493 e. The Balaban J connectivity index is 2.07. The van der Waals surface area contributed by atoms with Crippen molar-refractivity contribution in [2.45, 2.75) is 50.8 Å². The van der Waals surface area contributed by atoms with Gasteiger partial charge in [0.15, 0.2) is 17.2 Å². The van der Waals surface area contributed by atoms with Gasteiger partial charge in [-0.25, -0.2) is 13.4 Å². The summed E-state index contributed by atoms with van der Waals surface area (Å²) in [5, 5.41) is 9.21. The molecule has 0 radical (unpaired) electrons. The van der Waals surface area contributed by atoms with Crippen molar-refractivity contribution in [3.05, 3.63) is 65.1 Å². The molecule has 1 heterocycles. The summed E-state index contributed by atoms with van der Waals surface area (Å²) in [4.78, 5) is 25.7. The highest BCUT2D eigenvalue weighted by atomic mass is 32.2. The molecule has 2 aromatic carbocycles. The van der Waals surface area contributed by atoms with Crippen molar-refractivity contribution in [2.75, 3.05) is 18.7 Å². The molecule has 0 aliphatic heterocycles. The first-order valence-corrected chi connectivity index (χ1v) is 14.2. The highest BCUT2D eigenvalue weighted by Crippen LogP contribution is 2.38. The van der Waals surface area contributed by atoms with Crippen LogP contribution in [0.4, 0.5) is 28.0 Å². The fourth-order valence-electron chi connectivity index (χ4n) is 3.64. The maximum absolute atomic E-state index is 13.8. The van der Waals surface area contributed by atoms with Crippen LogP contribution < -0.4 is 14.8 Å². The molecular formula is C27H28F4N4O6S. The Hall–Kier alpha value is -4.27. The summed E-state index contributed by atoms with van der Waals surface area (Å²) in [5.41, 5.74) is -3.36. The molecule has 3 rings (SSSR count). The molecule has 0 spiro atoms. The van der Waals surface area contributed by atoms with Crippen molar-refractivity contribution in [2.24, 2.45) is 4.36 Å². The normalized spacial score (nSPS) is 13.1. The number of anilines is 1. The highest BCUT2D eigenvalue weighted by molar-refractivity contribution is 7.93. The Morgan fingerprint density at radius 1 is 1.05 bits per heavy atom. The molecule has 1 aromatic heterocycles. The van der Waals surface area contributed by atoms with Gasteiger partial charge >= 0.3 is 12.3 Å². The monoisotopic (exact) mass is 612 g/mol. The highest BCUT2D eigenvalue weighted by Gasteiger charge is 2.39. The molecule has 15 heteroatoms. The predicted molar refractivity (Wildman–Crippen MR) is 145 cm³/mol. The van der Waals surface area contributed by atoms with Crippen LogP contribution in [0.3, 0.4) is 0 Å². The van der Waals surface area contributed by atoms with E-state index in [0.29, 0.717) is 0 Å². The van der Waals surface area contributed by atoms with Gasteiger partial charge in [-0.05, 0) is 57.5 Å². The van der Waals surface area contributed by atoms with Crippen LogP contribution in [0.5, 0.6) is 17.4 Å². The molecule has 42 heavy (non-hydrogen) atoms. The smallest absolute Gasteiger partial charge is 0.442 e. The maximum Gasteiger partial charge on any atom is 0.442 e. The van der Waals surface area contributed by atoms with E-state index in [9.17, 15) is 31.4 Å². The van der Waals surface area contributed by atoms with Gasteiger partial charge in [0.1, 0.15) is 17.0 Å². The van der Waals surface area contributed by atoms with Crippen LogP contribution in [0.1, 0.15) is 49.3 Å². The lowest BCUT2D eigenvalue weighted by molar-refractivity contribution is -0.142. The summed E-state index contributed by atoms with van der Waals surface area (Å²) in [6.07, 6.45) is -5.10. The molecule has 226 valence electrons. The standard InChI is InChI=1S/C27H28F4N4O6S/c1-7-18-21(24(34-33-22(18)27(29,30)31)40-19-12-11-15(28)13-20(19)39-5)23(36)32-16-9-8-10-17(14-16)42(6,38)35-25(37)41-26(2,3)4/h8-14H,7H2,1-6H3,(H,32,36)/t42-/m0/s1. The third kappa shape index (κ3) is 7.93. The molecule has 0 saturated carbocycles. The lowest BCUT2D eigenvalue weighted by Gasteiger charge is -2.18. The third-order valence-electron chi connectivity index (χ3n) is 5.40. The number of halogens is 4. The number of carbonyl (C=O) groups excluding carboxylic acids is 2. The van der Waals surface area contributed by atoms with Crippen LogP contribution in [0.15, 0.2) is 51.7 Å². The molecular weight excluding hydrogens is 584 g/mol. The lowest BCUT2D eigenvalue weighted by atomic mass is 10.0. The topological polar surface area (TPSA) is 129 Å². The number of nitrogens with zero attached hydrogens (tertiary/aromatic N) is 3. The van der Waals surface area contributed by atoms with Gasteiger partial charge in [0.2, 0.25) is 0 Å². The summed E-state index contributed by atoms with van der Waals surface area (Å²) in [6, 6.07) is 8.59. The van der Waals surface area contributed by atoms with E-state index < -0.39 is 62.0 Å². The SMILES string of the molecule is CCc1c(C(F)(F)F)nnc(Oc2ccc(F)cc2OC)c1C(=O)Nc1cccc([S@](C)(=O)=NC(=O)OC(C)(C)C)c1. The number of hydrogen-bond acceptors (Lipinski definition) is 8. The Bertz CT molecular complexity index is 1630. The van der Waals surface area contributed by atoms with Gasteiger partial charge < -0.3 is 19.5 Å². The molecule has 0 fully saturated rings. The van der Waals surface area contributed by atoms with Gasteiger partial charge in [0.25, 0.3) is 11.8 Å². The average Bonchev–Trinajstić information content (AvgIpc) is 2.87. The minimum atomic E-state index is -4.95. The van der Waals surface area contributed by atoms with E-state index in [0.717, 1.165) is 18.2 Å². The van der Waals surface area contributed by atoms with Crippen molar-refractivity contribution in [1.82, 2.24) is 10.2 Å².